The predicted molar refractivity (Wildman–Crippen MR) is 92.7 cm³/mol. The summed E-state index contributed by atoms with van der Waals surface area (Å²) < 4.78 is 5.10. The van der Waals surface area contributed by atoms with Crippen molar-refractivity contribution in [2.24, 2.45) is 0 Å². The molecule has 1 heterocycles. The van der Waals surface area contributed by atoms with Crippen molar-refractivity contribution in [1.29, 1.82) is 0 Å². The lowest BCUT2D eigenvalue weighted by Crippen LogP contribution is -2.12. The van der Waals surface area contributed by atoms with E-state index in [9.17, 15) is 4.79 Å². The van der Waals surface area contributed by atoms with Crippen LogP contribution in [-0.4, -0.2) is 23.0 Å². The van der Waals surface area contributed by atoms with Gasteiger partial charge in [0.1, 0.15) is 5.75 Å². The van der Waals surface area contributed by atoms with E-state index in [1.165, 1.54) is 0 Å². The highest BCUT2D eigenvalue weighted by Crippen LogP contribution is 2.18. The molecule has 0 aliphatic heterocycles. The van der Waals surface area contributed by atoms with Gasteiger partial charge in [-0.1, -0.05) is 6.07 Å². The summed E-state index contributed by atoms with van der Waals surface area (Å²) in [5.74, 6) is 1.02. The van der Waals surface area contributed by atoms with E-state index in [0.717, 1.165) is 11.4 Å². The monoisotopic (exact) mass is 320 g/mol. The molecule has 6 nitrogen and oxygen atoms in total. The number of nitrogens with zero attached hydrogens (tertiary/aromatic N) is 2. The first-order chi connectivity index (χ1) is 11.7. The highest BCUT2D eigenvalue weighted by molar-refractivity contribution is 6.04. The number of benzene rings is 2. The van der Waals surface area contributed by atoms with Gasteiger partial charge in [0, 0.05) is 29.3 Å². The normalized spacial score (nSPS) is 10.0. The summed E-state index contributed by atoms with van der Waals surface area (Å²) in [4.78, 5) is 20.6. The van der Waals surface area contributed by atoms with Gasteiger partial charge in [0.15, 0.2) is 0 Å². The Morgan fingerprint density at radius 1 is 0.958 bits per heavy atom. The van der Waals surface area contributed by atoms with E-state index in [2.05, 4.69) is 20.6 Å². The lowest BCUT2D eigenvalue weighted by molar-refractivity contribution is 0.102. The number of ether oxygens (including phenoxy) is 1. The van der Waals surface area contributed by atoms with Gasteiger partial charge < -0.3 is 15.4 Å². The molecule has 0 unspecified atom stereocenters. The highest BCUT2D eigenvalue weighted by Gasteiger charge is 2.07. The zero-order valence-electron chi connectivity index (χ0n) is 13.1. The van der Waals surface area contributed by atoms with Crippen molar-refractivity contribution in [3.05, 3.63) is 72.6 Å². The number of aromatic nitrogens is 2. The van der Waals surface area contributed by atoms with E-state index < -0.39 is 0 Å². The summed E-state index contributed by atoms with van der Waals surface area (Å²) in [5.41, 5.74) is 1.97. The van der Waals surface area contributed by atoms with Crippen LogP contribution in [-0.2, 0) is 0 Å². The van der Waals surface area contributed by atoms with E-state index >= 15 is 0 Å². The maximum absolute atomic E-state index is 12.4. The molecule has 3 rings (SSSR count). The number of hydrogen-bond acceptors (Lipinski definition) is 5. The second-order valence-corrected chi connectivity index (χ2v) is 4.96. The van der Waals surface area contributed by atoms with Crippen LogP contribution in [0.3, 0.4) is 0 Å². The van der Waals surface area contributed by atoms with Gasteiger partial charge in [0.25, 0.3) is 5.91 Å². The second kappa shape index (κ2) is 7.23. The maximum Gasteiger partial charge on any atom is 0.255 e. The van der Waals surface area contributed by atoms with E-state index in [-0.39, 0.29) is 5.91 Å². The molecule has 0 aliphatic rings. The summed E-state index contributed by atoms with van der Waals surface area (Å²) in [6, 6.07) is 16.0. The molecule has 0 atom stereocenters. The molecule has 1 amide bonds. The first kappa shape index (κ1) is 15.5. The molecule has 0 aliphatic carbocycles. The summed E-state index contributed by atoms with van der Waals surface area (Å²) in [6.45, 7) is 0. The van der Waals surface area contributed by atoms with E-state index in [4.69, 9.17) is 4.74 Å². The molecule has 0 bridgehead atoms. The largest absolute Gasteiger partial charge is 0.497 e. The van der Waals surface area contributed by atoms with Crippen LogP contribution >= 0.6 is 0 Å². The fourth-order valence-corrected chi connectivity index (χ4v) is 2.11. The van der Waals surface area contributed by atoms with Crippen LogP contribution in [0.1, 0.15) is 10.4 Å². The zero-order valence-corrected chi connectivity index (χ0v) is 13.1. The lowest BCUT2D eigenvalue weighted by Gasteiger charge is -2.08. The Morgan fingerprint density at radius 2 is 1.71 bits per heavy atom. The second-order valence-electron chi connectivity index (χ2n) is 4.96. The van der Waals surface area contributed by atoms with Gasteiger partial charge in [0.2, 0.25) is 5.95 Å². The average molecular weight is 320 g/mol. The van der Waals surface area contributed by atoms with Crippen molar-refractivity contribution < 1.29 is 9.53 Å². The number of anilines is 3. The zero-order chi connectivity index (χ0) is 16.8. The molecule has 1 aromatic heterocycles. The van der Waals surface area contributed by atoms with Gasteiger partial charge in [-0.25, -0.2) is 9.97 Å². The number of amides is 1. The first-order valence-corrected chi connectivity index (χ1v) is 7.34. The molecule has 0 saturated carbocycles. The van der Waals surface area contributed by atoms with Crippen LogP contribution in [0.5, 0.6) is 5.75 Å². The predicted octanol–water partition coefficient (Wildman–Crippen LogP) is 3.48. The van der Waals surface area contributed by atoms with Crippen LogP contribution in [0, 0.1) is 0 Å². The molecule has 6 heteroatoms. The molecule has 24 heavy (non-hydrogen) atoms. The Balaban J connectivity index is 1.71. The van der Waals surface area contributed by atoms with Gasteiger partial charge in [-0.15, -0.1) is 0 Å². The van der Waals surface area contributed by atoms with Crippen molar-refractivity contribution in [3.8, 4) is 5.75 Å². The third-order valence-corrected chi connectivity index (χ3v) is 3.29. The van der Waals surface area contributed by atoms with Crippen LogP contribution in [0.15, 0.2) is 67.0 Å². The summed E-state index contributed by atoms with van der Waals surface area (Å²) in [6.07, 6.45) is 3.30. The van der Waals surface area contributed by atoms with Crippen molar-refractivity contribution in [1.82, 2.24) is 9.97 Å². The minimum atomic E-state index is -0.196. The van der Waals surface area contributed by atoms with Gasteiger partial charge in [0.05, 0.1) is 7.11 Å². The molecule has 0 fully saturated rings. The van der Waals surface area contributed by atoms with Gasteiger partial charge in [-0.2, -0.15) is 0 Å². The average Bonchev–Trinajstić information content (AvgIpc) is 2.63. The van der Waals surface area contributed by atoms with E-state index in [1.54, 1.807) is 68.0 Å². The number of hydrogen-bond donors (Lipinski definition) is 2. The summed E-state index contributed by atoms with van der Waals surface area (Å²) >= 11 is 0. The molecule has 2 N–H and O–H groups in total. The maximum atomic E-state index is 12.4. The lowest BCUT2D eigenvalue weighted by atomic mass is 10.2. The molecule has 0 radical (unpaired) electrons. The van der Waals surface area contributed by atoms with Crippen molar-refractivity contribution in [3.63, 3.8) is 0 Å². The number of methoxy groups -OCH3 is 1. The van der Waals surface area contributed by atoms with Gasteiger partial charge in [-0.3, -0.25) is 4.79 Å². The third-order valence-electron chi connectivity index (χ3n) is 3.29. The molecule has 0 saturated heterocycles. The van der Waals surface area contributed by atoms with Crippen LogP contribution in [0.4, 0.5) is 17.3 Å². The topological polar surface area (TPSA) is 76.1 Å². The fraction of sp³-hybridized carbons (Fsp3) is 0.0556. The van der Waals surface area contributed by atoms with Crippen molar-refractivity contribution in [2.75, 3.05) is 17.7 Å². The van der Waals surface area contributed by atoms with E-state index in [0.29, 0.717) is 17.2 Å². The fourth-order valence-electron chi connectivity index (χ4n) is 2.11. The van der Waals surface area contributed by atoms with Crippen LogP contribution in [0.25, 0.3) is 0 Å². The van der Waals surface area contributed by atoms with Crippen molar-refractivity contribution in [2.45, 2.75) is 0 Å². The molecule has 0 spiro atoms. The Labute approximate surface area is 139 Å². The van der Waals surface area contributed by atoms with Crippen molar-refractivity contribution >= 4 is 23.2 Å². The first-order valence-electron chi connectivity index (χ1n) is 7.34. The molecule has 3 aromatic rings. The standard InChI is InChI=1S/C18H16N4O2/c1-24-16-8-6-14(7-9-16)21-17(23)13-4-2-5-15(12-13)22-18-19-10-3-11-20-18/h2-12H,1H3,(H,21,23)(H,19,20,22). The quantitative estimate of drug-likeness (QED) is 0.752. The highest BCUT2D eigenvalue weighted by atomic mass is 16.5. The SMILES string of the molecule is COc1ccc(NC(=O)c2cccc(Nc3ncccn3)c2)cc1. The molecule has 120 valence electrons. The summed E-state index contributed by atoms with van der Waals surface area (Å²) in [7, 11) is 1.60. The molecular weight excluding hydrogens is 304 g/mol. The molecule has 2 aromatic carbocycles. The number of rotatable bonds is 5. The van der Waals surface area contributed by atoms with Gasteiger partial charge >= 0.3 is 0 Å². The summed E-state index contributed by atoms with van der Waals surface area (Å²) in [5, 5.41) is 5.91. The molecular formula is C18H16N4O2. The number of carbonyl (C=O) groups excluding carboxylic acids is 1. The Morgan fingerprint density at radius 3 is 2.42 bits per heavy atom. The van der Waals surface area contributed by atoms with Crippen LogP contribution in [0.2, 0.25) is 0 Å². The minimum Gasteiger partial charge on any atom is -0.497 e. The van der Waals surface area contributed by atoms with E-state index in [1.807, 2.05) is 6.07 Å². The van der Waals surface area contributed by atoms with Gasteiger partial charge in [-0.05, 0) is 48.5 Å². The smallest absolute Gasteiger partial charge is 0.255 e. The Hall–Kier alpha value is -3.41. The number of nitrogens with one attached hydrogen (secondary N) is 2. The number of carbonyl (C=O) groups is 1. The van der Waals surface area contributed by atoms with Crippen LogP contribution < -0.4 is 15.4 Å². The Bertz CT molecular complexity index is 820. The Kier molecular flexibility index (Phi) is 4.67. The minimum absolute atomic E-state index is 0.196. The third kappa shape index (κ3) is 3.86.